The van der Waals surface area contributed by atoms with Crippen LogP contribution in [0.15, 0.2) is 12.4 Å². The molecule has 2 rings (SSSR count). The number of aromatic nitrogens is 2. The maximum absolute atomic E-state index is 12.5. The van der Waals surface area contributed by atoms with Gasteiger partial charge in [0, 0.05) is 31.1 Å². The Morgan fingerprint density at radius 1 is 1.48 bits per heavy atom. The van der Waals surface area contributed by atoms with Gasteiger partial charge in [-0.2, -0.15) is 16.9 Å². The second-order valence-electron chi connectivity index (χ2n) is 6.24. The summed E-state index contributed by atoms with van der Waals surface area (Å²) in [4.78, 5) is 16.6. The van der Waals surface area contributed by atoms with Crippen molar-refractivity contribution in [3.05, 3.63) is 12.4 Å². The number of amides is 2. The minimum Gasteiger partial charge on any atom is -0.323 e. The average Bonchev–Trinajstić information content (AvgIpc) is 2.81. The first kappa shape index (κ1) is 18.1. The molecule has 0 aliphatic carbocycles. The van der Waals surface area contributed by atoms with Gasteiger partial charge in [0.05, 0.1) is 18.4 Å². The summed E-state index contributed by atoms with van der Waals surface area (Å²) in [6.07, 6.45) is 7.14. The molecule has 0 bridgehead atoms. The van der Waals surface area contributed by atoms with Crippen LogP contribution in [0.5, 0.6) is 0 Å². The number of carbonyl (C=O) groups excluding carboxylic acids is 1. The molecule has 1 fully saturated rings. The van der Waals surface area contributed by atoms with Crippen LogP contribution in [0.25, 0.3) is 0 Å². The van der Waals surface area contributed by atoms with E-state index in [-0.39, 0.29) is 6.03 Å². The van der Waals surface area contributed by atoms with Crippen LogP contribution in [0.2, 0.25) is 0 Å². The Kier molecular flexibility index (Phi) is 7.23. The number of carbonyl (C=O) groups is 1. The Hall–Kier alpha value is -1.21. The van der Waals surface area contributed by atoms with Crippen LogP contribution in [-0.4, -0.2) is 70.3 Å². The molecule has 1 aliphatic heterocycles. The molecular weight excluding hydrogens is 310 g/mol. The third-order valence-electron chi connectivity index (χ3n) is 3.98. The molecule has 1 aromatic heterocycles. The number of nitrogens with zero attached hydrogens (tertiary/aromatic N) is 4. The van der Waals surface area contributed by atoms with Crippen molar-refractivity contribution in [2.45, 2.75) is 38.0 Å². The Morgan fingerprint density at radius 2 is 2.30 bits per heavy atom. The summed E-state index contributed by atoms with van der Waals surface area (Å²) in [6, 6.07) is 0.000706. The Morgan fingerprint density at radius 3 is 3.04 bits per heavy atom. The highest BCUT2D eigenvalue weighted by molar-refractivity contribution is 7.99. The number of likely N-dealkylation sites (N-methyl/N-ethyl adjacent to an activating group) is 1. The highest BCUT2D eigenvalue weighted by atomic mass is 32.2. The van der Waals surface area contributed by atoms with E-state index in [9.17, 15) is 4.79 Å². The number of thioether (sulfide) groups is 1. The smallest absolute Gasteiger partial charge is 0.321 e. The molecule has 0 unspecified atom stereocenters. The molecule has 1 aromatic rings. The summed E-state index contributed by atoms with van der Waals surface area (Å²) in [6.45, 7) is 5.63. The lowest BCUT2D eigenvalue weighted by Crippen LogP contribution is -2.38. The van der Waals surface area contributed by atoms with Crippen LogP contribution < -0.4 is 5.32 Å². The number of nitrogens with one attached hydrogen (secondary N) is 1. The monoisotopic (exact) mass is 339 g/mol. The molecule has 1 N–H and O–H groups in total. The lowest BCUT2D eigenvalue weighted by molar-refractivity contribution is 0.214. The molecule has 2 amide bonds. The number of urea groups is 1. The maximum atomic E-state index is 12.5. The molecule has 1 aliphatic rings. The van der Waals surface area contributed by atoms with Crippen LogP contribution in [0.4, 0.5) is 10.5 Å². The zero-order chi connectivity index (χ0) is 16.7. The number of hydrogen-bond donors (Lipinski definition) is 1. The third-order valence-corrected chi connectivity index (χ3v) is 5.17. The van der Waals surface area contributed by atoms with Gasteiger partial charge in [-0.3, -0.25) is 4.68 Å². The fourth-order valence-electron chi connectivity index (χ4n) is 2.71. The molecule has 6 nitrogen and oxygen atoms in total. The van der Waals surface area contributed by atoms with Gasteiger partial charge in [-0.05, 0) is 32.7 Å². The van der Waals surface area contributed by atoms with Crippen LogP contribution in [0, 0.1) is 0 Å². The van der Waals surface area contributed by atoms with Gasteiger partial charge in [0.2, 0.25) is 0 Å². The first-order valence-electron chi connectivity index (χ1n) is 8.43. The molecule has 0 saturated carbocycles. The van der Waals surface area contributed by atoms with Crippen LogP contribution in [0.3, 0.4) is 0 Å². The van der Waals surface area contributed by atoms with E-state index in [0.29, 0.717) is 5.25 Å². The molecule has 1 atom stereocenters. The predicted octanol–water partition coefficient (Wildman–Crippen LogP) is 2.58. The molecule has 23 heavy (non-hydrogen) atoms. The minimum atomic E-state index is 0.000706. The Bertz CT molecular complexity index is 491. The standard InChI is InChI=1S/C16H29N5OS/c1-4-23-15-7-5-6-8-20(13-15)16(22)18-14-11-17-21(12-14)10-9-19(2)3/h11-12,15H,4-10,13H2,1-3H3,(H,18,22)/t15-/m1/s1. The van der Waals surface area contributed by atoms with Crippen molar-refractivity contribution >= 4 is 23.5 Å². The SMILES string of the molecule is CCS[C@@H]1CCCCN(C(=O)Nc2cnn(CCN(C)C)c2)C1. The van der Waals surface area contributed by atoms with E-state index < -0.39 is 0 Å². The number of rotatable bonds is 6. The maximum Gasteiger partial charge on any atom is 0.321 e. The summed E-state index contributed by atoms with van der Waals surface area (Å²) in [5.74, 6) is 1.11. The molecule has 130 valence electrons. The van der Waals surface area contributed by atoms with Gasteiger partial charge in [-0.15, -0.1) is 0 Å². The molecule has 0 aromatic carbocycles. The van der Waals surface area contributed by atoms with Gasteiger partial charge in [-0.1, -0.05) is 13.3 Å². The molecule has 1 saturated heterocycles. The number of hydrogen-bond acceptors (Lipinski definition) is 4. The molecular formula is C16H29N5OS. The summed E-state index contributed by atoms with van der Waals surface area (Å²) in [7, 11) is 4.08. The zero-order valence-corrected chi connectivity index (χ0v) is 15.3. The van der Waals surface area contributed by atoms with Crippen molar-refractivity contribution in [2.75, 3.05) is 44.8 Å². The summed E-state index contributed by atoms with van der Waals surface area (Å²) in [5.41, 5.74) is 0.776. The van der Waals surface area contributed by atoms with Gasteiger partial charge in [0.15, 0.2) is 0 Å². The van der Waals surface area contributed by atoms with Gasteiger partial charge in [0.25, 0.3) is 0 Å². The minimum absolute atomic E-state index is 0.000706. The van der Waals surface area contributed by atoms with E-state index >= 15 is 0 Å². The van der Waals surface area contributed by atoms with Crippen molar-refractivity contribution in [3.63, 3.8) is 0 Å². The van der Waals surface area contributed by atoms with Crippen molar-refractivity contribution in [1.29, 1.82) is 0 Å². The first-order chi connectivity index (χ1) is 11.1. The lowest BCUT2D eigenvalue weighted by Gasteiger charge is -2.24. The van der Waals surface area contributed by atoms with Crippen LogP contribution in [-0.2, 0) is 6.54 Å². The third kappa shape index (κ3) is 6.06. The van der Waals surface area contributed by atoms with Crippen molar-refractivity contribution < 1.29 is 4.79 Å². The van der Waals surface area contributed by atoms with E-state index in [1.807, 2.05) is 41.6 Å². The van der Waals surface area contributed by atoms with Gasteiger partial charge < -0.3 is 15.1 Å². The first-order valence-corrected chi connectivity index (χ1v) is 9.48. The van der Waals surface area contributed by atoms with Crippen molar-refractivity contribution in [1.82, 2.24) is 19.6 Å². The topological polar surface area (TPSA) is 53.4 Å². The quantitative estimate of drug-likeness (QED) is 0.865. The van der Waals surface area contributed by atoms with Crippen LogP contribution in [0.1, 0.15) is 26.2 Å². The highest BCUT2D eigenvalue weighted by Crippen LogP contribution is 2.22. The summed E-state index contributed by atoms with van der Waals surface area (Å²) in [5, 5.41) is 7.86. The normalized spacial score (nSPS) is 19.0. The zero-order valence-electron chi connectivity index (χ0n) is 14.5. The lowest BCUT2D eigenvalue weighted by atomic mass is 10.2. The van der Waals surface area contributed by atoms with Crippen LogP contribution >= 0.6 is 11.8 Å². The molecule has 2 heterocycles. The van der Waals surface area contributed by atoms with E-state index in [0.717, 1.165) is 44.0 Å². The Labute approximate surface area is 143 Å². The number of likely N-dealkylation sites (tertiary alicyclic amines) is 1. The summed E-state index contributed by atoms with van der Waals surface area (Å²) < 4.78 is 1.87. The average molecular weight is 340 g/mol. The van der Waals surface area contributed by atoms with Crippen molar-refractivity contribution in [3.8, 4) is 0 Å². The molecule has 0 spiro atoms. The van der Waals surface area contributed by atoms with E-state index in [1.165, 1.54) is 12.8 Å². The second kappa shape index (κ2) is 9.17. The predicted molar refractivity (Wildman–Crippen MR) is 97.1 cm³/mol. The molecule has 0 radical (unpaired) electrons. The Balaban J connectivity index is 1.87. The largest absolute Gasteiger partial charge is 0.323 e. The van der Waals surface area contributed by atoms with E-state index in [4.69, 9.17) is 0 Å². The second-order valence-corrected chi connectivity index (χ2v) is 7.82. The van der Waals surface area contributed by atoms with Crippen molar-refractivity contribution in [2.24, 2.45) is 0 Å². The highest BCUT2D eigenvalue weighted by Gasteiger charge is 2.22. The fourth-order valence-corrected chi connectivity index (χ4v) is 3.80. The van der Waals surface area contributed by atoms with E-state index in [2.05, 4.69) is 22.2 Å². The van der Waals surface area contributed by atoms with Gasteiger partial charge >= 0.3 is 6.03 Å². The molecule has 7 heteroatoms. The number of anilines is 1. The fraction of sp³-hybridized carbons (Fsp3) is 0.750. The van der Waals surface area contributed by atoms with Gasteiger partial charge in [0.1, 0.15) is 0 Å². The summed E-state index contributed by atoms with van der Waals surface area (Å²) >= 11 is 1.96. The van der Waals surface area contributed by atoms with Gasteiger partial charge in [-0.25, -0.2) is 4.79 Å². The van der Waals surface area contributed by atoms with E-state index in [1.54, 1.807) is 6.20 Å².